The normalized spacial score (nSPS) is 13.8. The van der Waals surface area contributed by atoms with Gasteiger partial charge in [0.25, 0.3) is 5.56 Å². The van der Waals surface area contributed by atoms with Gasteiger partial charge in [0.15, 0.2) is 0 Å². The largest absolute Gasteiger partial charge is 0.367 e. The Hall–Kier alpha value is -2.51. The van der Waals surface area contributed by atoms with Crippen molar-refractivity contribution in [2.24, 2.45) is 5.92 Å². The van der Waals surface area contributed by atoms with Crippen LogP contribution in [0, 0.1) is 5.92 Å². The number of amides is 1. The molecule has 3 heterocycles. The first kappa shape index (κ1) is 19.8. The van der Waals surface area contributed by atoms with E-state index >= 15 is 0 Å². The van der Waals surface area contributed by atoms with Crippen LogP contribution in [0.15, 0.2) is 41.5 Å². The Balaban J connectivity index is 1.45. The molecule has 0 saturated heterocycles. The number of aromatic nitrogens is 2. The molecule has 0 fully saturated rings. The lowest BCUT2D eigenvalue weighted by Gasteiger charge is -2.27. The van der Waals surface area contributed by atoms with Gasteiger partial charge in [0.05, 0.1) is 24.9 Å². The fourth-order valence-corrected chi connectivity index (χ4v) is 4.87. The SMILES string of the molecule is CC(C)Cn1cnc2sc3c(c2c1=O)CCN(C(=O)COCc1ccccc1)C3. The highest BCUT2D eigenvalue weighted by molar-refractivity contribution is 7.18. The Kier molecular flexibility index (Phi) is 5.78. The fourth-order valence-electron chi connectivity index (χ4n) is 3.68. The molecule has 0 radical (unpaired) electrons. The van der Waals surface area contributed by atoms with Crippen molar-refractivity contribution in [1.82, 2.24) is 14.5 Å². The summed E-state index contributed by atoms with van der Waals surface area (Å²) in [5.74, 6) is 0.361. The highest BCUT2D eigenvalue weighted by atomic mass is 32.1. The number of ether oxygens (including phenoxy) is 1. The van der Waals surface area contributed by atoms with E-state index in [2.05, 4.69) is 18.8 Å². The zero-order valence-corrected chi connectivity index (χ0v) is 17.6. The van der Waals surface area contributed by atoms with Crippen molar-refractivity contribution < 1.29 is 9.53 Å². The van der Waals surface area contributed by atoms with Gasteiger partial charge in [0.2, 0.25) is 5.91 Å². The second-order valence-corrected chi connectivity index (χ2v) is 8.91. The molecule has 0 aliphatic carbocycles. The van der Waals surface area contributed by atoms with Crippen molar-refractivity contribution >= 4 is 27.5 Å². The van der Waals surface area contributed by atoms with Crippen LogP contribution in [0.1, 0.15) is 29.9 Å². The van der Waals surface area contributed by atoms with Crippen LogP contribution in [0.2, 0.25) is 0 Å². The van der Waals surface area contributed by atoms with Gasteiger partial charge in [-0.3, -0.25) is 14.2 Å². The van der Waals surface area contributed by atoms with E-state index in [1.54, 1.807) is 10.9 Å². The Bertz CT molecular complexity index is 1070. The molecule has 1 amide bonds. The number of nitrogens with zero attached hydrogens (tertiary/aromatic N) is 3. The Morgan fingerprint density at radius 2 is 2.07 bits per heavy atom. The first-order chi connectivity index (χ1) is 14.0. The lowest BCUT2D eigenvalue weighted by Crippen LogP contribution is -2.38. The van der Waals surface area contributed by atoms with Gasteiger partial charge < -0.3 is 9.64 Å². The summed E-state index contributed by atoms with van der Waals surface area (Å²) in [7, 11) is 0. The molecule has 3 aromatic rings. The van der Waals surface area contributed by atoms with Crippen LogP contribution < -0.4 is 5.56 Å². The molecule has 0 bridgehead atoms. The molecule has 0 spiro atoms. The molecule has 4 rings (SSSR count). The number of thiophene rings is 1. The average Bonchev–Trinajstić information content (AvgIpc) is 3.09. The molecule has 0 unspecified atom stereocenters. The monoisotopic (exact) mass is 411 g/mol. The molecule has 29 heavy (non-hydrogen) atoms. The van der Waals surface area contributed by atoms with Crippen LogP contribution in [-0.4, -0.2) is 33.5 Å². The standard InChI is InChI=1S/C22H25N3O3S/c1-15(2)10-25-14-23-21-20(22(25)27)17-8-9-24(11-18(17)29-21)19(26)13-28-12-16-6-4-3-5-7-16/h3-7,14-15H,8-13H2,1-2H3. The van der Waals surface area contributed by atoms with Crippen molar-refractivity contribution in [3.05, 3.63) is 63.0 Å². The van der Waals surface area contributed by atoms with Gasteiger partial charge in [-0.25, -0.2) is 4.98 Å². The third kappa shape index (κ3) is 4.26. The van der Waals surface area contributed by atoms with E-state index < -0.39 is 0 Å². The fraction of sp³-hybridized carbons (Fsp3) is 0.409. The van der Waals surface area contributed by atoms with Crippen LogP contribution in [0.4, 0.5) is 0 Å². The van der Waals surface area contributed by atoms with Crippen LogP contribution in [0.25, 0.3) is 10.2 Å². The van der Waals surface area contributed by atoms with Crippen molar-refractivity contribution in [3.63, 3.8) is 0 Å². The smallest absolute Gasteiger partial charge is 0.262 e. The second kappa shape index (κ2) is 8.47. The topological polar surface area (TPSA) is 64.4 Å². The first-order valence-corrected chi connectivity index (χ1v) is 10.7. The van der Waals surface area contributed by atoms with Crippen LogP contribution >= 0.6 is 11.3 Å². The maximum absolute atomic E-state index is 12.9. The molecule has 6 nitrogen and oxygen atoms in total. The number of fused-ring (bicyclic) bond motifs is 3. The Morgan fingerprint density at radius 3 is 2.83 bits per heavy atom. The summed E-state index contributed by atoms with van der Waals surface area (Å²) < 4.78 is 7.30. The minimum Gasteiger partial charge on any atom is -0.367 e. The maximum atomic E-state index is 12.9. The number of rotatable bonds is 6. The van der Waals surface area contributed by atoms with Gasteiger partial charge >= 0.3 is 0 Å². The van der Waals surface area contributed by atoms with Gasteiger partial charge in [0, 0.05) is 18.0 Å². The average molecular weight is 412 g/mol. The molecule has 0 saturated carbocycles. The zero-order valence-electron chi connectivity index (χ0n) is 16.8. The van der Waals surface area contributed by atoms with Gasteiger partial charge in [-0.2, -0.15) is 0 Å². The number of benzene rings is 1. The molecule has 2 aromatic heterocycles. The summed E-state index contributed by atoms with van der Waals surface area (Å²) in [6, 6.07) is 9.83. The van der Waals surface area contributed by atoms with Gasteiger partial charge in [0.1, 0.15) is 11.4 Å². The van der Waals surface area contributed by atoms with Crippen molar-refractivity contribution in [1.29, 1.82) is 0 Å². The number of hydrogen-bond donors (Lipinski definition) is 0. The second-order valence-electron chi connectivity index (χ2n) is 7.82. The van der Waals surface area contributed by atoms with Crippen molar-refractivity contribution in [3.8, 4) is 0 Å². The third-order valence-corrected chi connectivity index (χ3v) is 6.20. The van der Waals surface area contributed by atoms with Gasteiger partial charge in [-0.1, -0.05) is 44.2 Å². The van der Waals surface area contributed by atoms with Crippen LogP contribution in [-0.2, 0) is 35.6 Å². The predicted molar refractivity (Wildman–Crippen MR) is 114 cm³/mol. The van der Waals surface area contributed by atoms with Gasteiger partial charge in [-0.15, -0.1) is 11.3 Å². The lowest BCUT2D eigenvalue weighted by atomic mass is 10.1. The summed E-state index contributed by atoms with van der Waals surface area (Å²) in [5, 5.41) is 0.737. The Morgan fingerprint density at radius 1 is 1.28 bits per heavy atom. The molecule has 152 valence electrons. The molecule has 7 heteroatoms. The van der Waals surface area contributed by atoms with E-state index in [9.17, 15) is 9.59 Å². The summed E-state index contributed by atoms with van der Waals surface area (Å²) in [4.78, 5) is 33.7. The van der Waals surface area contributed by atoms with E-state index in [4.69, 9.17) is 4.74 Å². The highest BCUT2D eigenvalue weighted by Gasteiger charge is 2.26. The summed E-state index contributed by atoms with van der Waals surface area (Å²) >= 11 is 1.52. The molecular formula is C22H25N3O3S. The summed E-state index contributed by atoms with van der Waals surface area (Å²) in [5.41, 5.74) is 2.15. The summed E-state index contributed by atoms with van der Waals surface area (Å²) in [6.45, 7) is 6.45. The lowest BCUT2D eigenvalue weighted by molar-refractivity contribution is -0.137. The molecular weight excluding hydrogens is 386 g/mol. The first-order valence-electron chi connectivity index (χ1n) is 9.92. The zero-order chi connectivity index (χ0) is 20.4. The predicted octanol–water partition coefficient (Wildman–Crippen LogP) is 3.22. The summed E-state index contributed by atoms with van der Waals surface area (Å²) in [6.07, 6.45) is 2.33. The molecule has 1 aromatic carbocycles. The maximum Gasteiger partial charge on any atom is 0.262 e. The number of hydrogen-bond acceptors (Lipinski definition) is 5. The minimum absolute atomic E-state index is 0.0192. The quantitative estimate of drug-likeness (QED) is 0.625. The van der Waals surface area contributed by atoms with E-state index in [0.29, 0.717) is 38.6 Å². The number of carbonyl (C=O) groups excluding carboxylic acids is 1. The van der Waals surface area contributed by atoms with Crippen LogP contribution in [0.5, 0.6) is 0 Å². The van der Waals surface area contributed by atoms with E-state index in [1.165, 1.54) is 11.3 Å². The molecule has 0 N–H and O–H groups in total. The molecule has 1 aliphatic heterocycles. The van der Waals surface area contributed by atoms with Gasteiger partial charge in [-0.05, 0) is 23.5 Å². The van der Waals surface area contributed by atoms with Crippen molar-refractivity contribution in [2.75, 3.05) is 13.2 Å². The number of carbonyl (C=O) groups is 1. The molecule has 0 atom stereocenters. The molecule has 1 aliphatic rings. The van der Waals surface area contributed by atoms with Crippen molar-refractivity contribution in [2.45, 2.75) is 40.0 Å². The minimum atomic E-state index is -0.0192. The van der Waals surface area contributed by atoms with E-state index in [1.807, 2.05) is 35.2 Å². The van der Waals surface area contributed by atoms with E-state index in [0.717, 1.165) is 26.2 Å². The Labute approximate surface area is 173 Å². The highest BCUT2D eigenvalue weighted by Crippen LogP contribution is 2.32. The van der Waals surface area contributed by atoms with E-state index in [-0.39, 0.29) is 18.1 Å². The third-order valence-electron chi connectivity index (χ3n) is 5.08. The van der Waals surface area contributed by atoms with Crippen LogP contribution in [0.3, 0.4) is 0 Å².